The number of carbonyl (C=O) groups is 1. The van der Waals surface area contributed by atoms with Crippen LogP contribution >= 0.6 is 0 Å². The fourth-order valence-corrected chi connectivity index (χ4v) is 5.08. The molecule has 6 heteroatoms. The van der Waals surface area contributed by atoms with Crippen LogP contribution in [0.15, 0.2) is 66.6 Å². The minimum atomic E-state index is -0.0544. The Labute approximate surface area is 200 Å². The molecule has 1 amide bonds. The van der Waals surface area contributed by atoms with Gasteiger partial charge in [0.2, 0.25) is 5.91 Å². The van der Waals surface area contributed by atoms with E-state index in [1.807, 2.05) is 65.1 Å². The van der Waals surface area contributed by atoms with Gasteiger partial charge in [-0.2, -0.15) is 0 Å². The van der Waals surface area contributed by atoms with Gasteiger partial charge in [0.1, 0.15) is 5.75 Å². The van der Waals surface area contributed by atoms with Crippen LogP contribution in [0.1, 0.15) is 48.5 Å². The fraction of sp³-hybridized carbons (Fsp3) is 0.357. The molecular formula is C28H31N3O3. The lowest BCUT2D eigenvalue weighted by Gasteiger charge is -2.38. The Morgan fingerprint density at radius 3 is 2.74 bits per heavy atom. The molecule has 0 aliphatic carbocycles. The number of imidazole rings is 1. The number of hydrogen-bond acceptors (Lipinski definition) is 4. The van der Waals surface area contributed by atoms with Crippen molar-refractivity contribution in [1.82, 2.24) is 14.5 Å². The number of piperidine rings is 1. The Bertz CT molecular complexity index is 1180. The number of likely N-dealkylation sites (tertiary alicyclic amines) is 1. The molecule has 0 saturated carbocycles. The average molecular weight is 458 g/mol. The minimum absolute atomic E-state index is 0.0451. The van der Waals surface area contributed by atoms with Gasteiger partial charge in [-0.05, 0) is 61.9 Å². The molecule has 2 fully saturated rings. The first-order valence-electron chi connectivity index (χ1n) is 12.0. The van der Waals surface area contributed by atoms with Gasteiger partial charge in [-0.3, -0.25) is 4.79 Å². The fourth-order valence-electron chi connectivity index (χ4n) is 5.08. The summed E-state index contributed by atoms with van der Waals surface area (Å²) in [4.78, 5) is 20.0. The Morgan fingerprint density at radius 2 is 2.03 bits per heavy atom. The smallest absolute Gasteiger partial charge is 0.250 e. The predicted octanol–water partition coefficient (Wildman–Crippen LogP) is 5.12. The van der Waals surface area contributed by atoms with E-state index in [0.29, 0.717) is 0 Å². The highest BCUT2D eigenvalue weighted by Gasteiger charge is 2.37. The van der Waals surface area contributed by atoms with Crippen molar-refractivity contribution in [1.29, 1.82) is 0 Å². The van der Waals surface area contributed by atoms with E-state index in [1.165, 1.54) is 0 Å². The number of rotatable bonds is 6. The molecule has 0 radical (unpaired) electrons. The highest BCUT2D eigenvalue weighted by Crippen LogP contribution is 2.36. The van der Waals surface area contributed by atoms with E-state index < -0.39 is 0 Å². The summed E-state index contributed by atoms with van der Waals surface area (Å²) in [6, 6.07) is 16.3. The van der Waals surface area contributed by atoms with Gasteiger partial charge in [-0.25, -0.2) is 4.98 Å². The number of aryl methyl sites for hydroxylation is 1. The summed E-state index contributed by atoms with van der Waals surface area (Å²) in [5.41, 5.74) is 4.80. The van der Waals surface area contributed by atoms with Crippen LogP contribution in [-0.2, 0) is 9.53 Å². The maximum atomic E-state index is 13.7. The second kappa shape index (κ2) is 9.85. The molecule has 2 aromatic carbocycles. The molecule has 5 rings (SSSR count). The Morgan fingerprint density at radius 1 is 1.18 bits per heavy atom. The zero-order chi connectivity index (χ0) is 23.5. The van der Waals surface area contributed by atoms with Gasteiger partial charge in [0.15, 0.2) is 0 Å². The highest BCUT2D eigenvalue weighted by atomic mass is 16.5. The van der Waals surface area contributed by atoms with Gasteiger partial charge in [-0.1, -0.05) is 36.4 Å². The Hall–Kier alpha value is -3.38. The van der Waals surface area contributed by atoms with Crippen molar-refractivity contribution in [3.05, 3.63) is 83.4 Å². The summed E-state index contributed by atoms with van der Waals surface area (Å²) in [5.74, 6) is 0.845. The standard InChI is InChI=1S/C28H31N3O3/c1-20-18-30(19-29-20)24-13-12-21(17-26(24)33-2)16-23-10-6-14-31(28(23)32)27(25-11-7-15-34-25)22-8-4-3-5-9-22/h3-5,8-9,12-13,16-19,25,27H,6-7,10-11,14-15H2,1-2H3/b23-16+. The summed E-state index contributed by atoms with van der Waals surface area (Å²) in [6.07, 6.45) is 9.54. The molecule has 176 valence electrons. The number of benzene rings is 2. The van der Waals surface area contributed by atoms with Crippen molar-refractivity contribution in [3.63, 3.8) is 0 Å². The number of methoxy groups -OCH3 is 1. The van der Waals surface area contributed by atoms with Gasteiger partial charge in [0.05, 0.1) is 37.0 Å². The summed E-state index contributed by atoms with van der Waals surface area (Å²) in [6.45, 7) is 3.47. The van der Waals surface area contributed by atoms with Crippen LogP contribution in [0.25, 0.3) is 11.8 Å². The van der Waals surface area contributed by atoms with E-state index in [2.05, 4.69) is 17.1 Å². The maximum Gasteiger partial charge on any atom is 0.250 e. The van der Waals surface area contributed by atoms with E-state index in [9.17, 15) is 4.79 Å². The molecular weight excluding hydrogens is 426 g/mol. The lowest BCUT2D eigenvalue weighted by atomic mass is 9.93. The largest absolute Gasteiger partial charge is 0.495 e. The van der Waals surface area contributed by atoms with Crippen molar-refractivity contribution in [2.75, 3.05) is 20.3 Å². The lowest BCUT2D eigenvalue weighted by Crippen LogP contribution is -2.44. The molecule has 2 aliphatic heterocycles. The zero-order valence-electron chi connectivity index (χ0n) is 19.8. The third kappa shape index (κ3) is 4.50. The van der Waals surface area contributed by atoms with Crippen molar-refractivity contribution >= 4 is 12.0 Å². The first-order valence-corrected chi connectivity index (χ1v) is 12.0. The van der Waals surface area contributed by atoms with Crippen molar-refractivity contribution < 1.29 is 14.3 Å². The molecule has 34 heavy (non-hydrogen) atoms. The summed E-state index contributed by atoms with van der Waals surface area (Å²) < 4.78 is 13.7. The van der Waals surface area contributed by atoms with Crippen molar-refractivity contribution in [2.24, 2.45) is 0 Å². The van der Waals surface area contributed by atoms with Crippen LogP contribution in [0.5, 0.6) is 5.75 Å². The molecule has 2 unspecified atom stereocenters. The lowest BCUT2D eigenvalue weighted by molar-refractivity contribution is -0.134. The molecule has 0 bridgehead atoms. The summed E-state index contributed by atoms with van der Waals surface area (Å²) in [5, 5.41) is 0. The highest BCUT2D eigenvalue weighted by molar-refractivity contribution is 5.99. The van der Waals surface area contributed by atoms with E-state index in [1.54, 1.807) is 13.4 Å². The SMILES string of the molecule is COc1cc(/C=C2\CCCN(C(c3ccccc3)C3CCCO3)C2=O)ccc1-n1cnc(C)c1. The monoisotopic (exact) mass is 457 g/mol. The molecule has 1 aromatic heterocycles. The zero-order valence-corrected chi connectivity index (χ0v) is 19.8. The first-order chi connectivity index (χ1) is 16.6. The number of carbonyl (C=O) groups excluding carboxylic acids is 1. The van der Waals surface area contributed by atoms with Crippen LogP contribution in [0.3, 0.4) is 0 Å². The maximum absolute atomic E-state index is 13.7. The van der Waals surface area contributed by atoms with Crippen LogP contribution in [-0.4, -0.2) is 46.7 Å². The number of aromatic nitrogens is 2. The molecule has 3 aromatic rings. The van der Waals surface area contributed by atoms with Crippen molar-refractivity contribution in [3.8, 4) is 11.4 Å². The Balaban J connectivity index is 1.44. The minimum Gasteiger partial charge on any atom is -0.495 e. The van der Waals surface area contributed by atoms with Gasteiger partial charge >= 0.3 is 0 Å². The van der Waals surface area contributed by atoms with Gasteiger partial charge in [-0.15, -0.1) is 0 Å². The van der Waals surface area contributed by atoms with E-state index >= 15 is 0 Å². The molecule has 3 heterocycles. The second-order valence-corrected chi connectivity index (χ2v) is 9.03. The van der Waals surface area contributed by atoms with E-state index in [-0.39, 0.29) is 18.1 Å². The first kappa shape index (κ1) is 22.4. The number of ether oxygens (including phenoxy) is 2. The van der Waals surface area contributed by atoms with Gasteiger partial charge in [0, 0.05) is 24.9 Å². The molecule has 0 N–H and O–H groups in total. The van der Waals surface area contributed by atoms with E-state index in [4.69, 9.17) is 9.47 Å². The van der Waals surface area contributed by atoms with Crippen molar-refractivity contribution in [2.45, 2.75) is 44.8 Å². The number of hydrogen-bond donors (Lipinski definition) is 0. The second-order valence-electron chi connectivity index (χ2n) is 9.03. The Kier molecular flexibility index (Phi) is 6.50. The quantitative estimate of drug-likeness (QED) is 0.483. The average Bonchev–Trinajstić information content (AvgIpc) is 3.54. The number of nitrogens with zero attached hydrogens (tertiary/aromatic N) is 3. The molecule has 0 spiro atoms. The molecule has 2 aliphatic rings. The van der Waals surface area contributed by atoms with Crippen LogP contribution in [0.2, 0.25) is 0 Å². The molecule has 2 saturated heterocycles. The molecule has 6 nitrogen and oxygen atoms in total. The normalized spacial score (nSPS) is 20.6. The van der Waals surface area contributed by atoms with Crippen LogP contribution < -0.4 is 4.74 Å². The third-order valence-electron chi connectivity index (χ3n) is 6.71. The van der Waals surface area contributed by atoms with Gasteiger partial charge in [0.25, 0.3) is 0 Å². The number of amides is 1. The molecule has 2 atom stereocenters. The summed E-state index contributed by atoms with van der Waals surface area (Å²) >= 11 is 0. The predicted molar refractivity (Wildman–Crippen MR) is 132 cm³/mol. The van der Waals surface area contributed by atoms with Crippen LogP contribution in [0.4, 0.5) is 0 Å². The topological polar surface area (TPSA) is 56.6 Å². The van der Waals surface area contributed by atoms with Crippen LogP contribution in [0, 0.1) is 6.92 Å². The van der Waals surface area contributed by atoms with Gasteiger partial charge < -0.3 is 18.9 Å². The van der Waals surface area contributed by atoms with E-state index in [0.717, 1.165) is 72.7 Å². The summed E-state index contributed by atoms with van der Waals surface area (Å²) in [7, 11) is 1.67. The third-order valence-corrected chi connectivity index (χ3v) is 6.71.